The molecule has 134 valence electrons. The molecule has 0 aliphatic heterocycles. The average Bonchev–Trinajstić information content (AvgIpc) is 2.61. The van der Waals surface area contributed by atoms with Crippen LogP contribution in [0.4, 0.5) is 4.79 Å². The van der Waals surface area contributed by atoms with E-state index in [0.29, 0.717) is 19.5 Å². The zero-order chi connectivity index (χ0) is 18.1. The fourth-order valence-electron chi connectivity index (χ4n) is 2.83. The number of aliphatic hydroxyl groups is 1. The summed E-state index contributed by atoms with van der Waals surface area (Å²) in [5.41, 5.74) is 3.57. The number of carbonyl (C=O) groups is 1. The Kier molecular flexibility index (Phi) is 7.48. The van der Waals surface area contributed by atoms with Crippen LogP contribution in [0.5, 0.6) is 0 Å². The molecule has 0 aliphatic carbocycles. The van der Waals surface area contributed by atoms with Crippen LogP contribution in [-0.2, 0) is 6.42 Å². The first-order valence-corrected chi connectivity index (χ1v) is 8.85. The first kappa shape index (κ1) is 19.0. The molecule has 2 aromatic rings. The van der Waals surface area contributed by atoms with Gasteiger partial charge in [0.2, 0.25) is 0 Å². The molecule has 2 unspecified atom stereocenters. The molecule has 0 fully saturated rings. The molecular formula is C21H28N2O2. The predicted molar refractivity (Wildman–Crippen MR) is 102 cm³/mol. The van der Waals surface area contributed by atoms with Crippen molar-refractivity contribution in [1.82, 2.24) is 10.6 Å². The molecule has 0 heterocycles. The van der Waals surface area contributed by atoms with Gasteiger partial charge in [-0.2, -0.15) is 0 Å². The summed E-state index contributed by atoms with van der Waals surface area (Å²) >= 11 is 0. The third-order valence-corrected chi connectivity index (χ3v) is 4.23. The molecule has 4 heteroatoms. The average molecular weight is 340 g/mol. The van der Waals surface area contributed by atoms with Gasteiger partial charge in [-0.3, -0.25) is 0 Å². The topological polar surface area (TPSA) is 61.4 Å². The van der Waals surface area contributed by atoms with Gasteiger partial charge in [0.05, 0.1) is 6.10 Å². The number of nitrogens with one attached hydrogen (secondary N) is 2. The van der Waals surface area contributed by atoms with Crippen LogP contribution < -0.4 is 10.6 Å². The van der Waals surface area contributed by atoms with E-state index in [1.165, 1.54) is 11.1 Å². The SMILES string of the molecule is Cc1ccc(CCNC(=O)NCC(CC(C)O)c2ccccc2)cc1. The maximum absolute atomic E-state index is 12.0. The second-order valence-electron chi connectivity index (χ2n) is 6.56. The van der Waals surface area contributed by atoms with Gasteiger partial charge in [0.25, 0.3) is 0 Å². The van der Waals surface area contributed by atoms with Crippen LogP contribution in [-0.4, -0.2) is 30.3 Å². The van der Waals surface area contributed by atoms with Crippen molar-refractivity contribution in [3.8, 4) is 0 Å². The van der Waals surface area contributed by atoms with Crippen LogP contribution in [0.3, 0.4) is 0 Å². The molecular weight excluding hydrogens is 312 g/mol. The lowest BCUT2D eigenvalue weighted by Gasteiger charge is -2.20. The smallest absolute Gasteiger partial charge is 0.314 e. The molecule has 0 bridgehead atoms. The third-order valence-electron chi connectivity index (χ3n) is 4.23. The molecule has 0 saturated heterocycles. The van der Waals surface area contributed by atoms with Gasteiger partial charge in [0.15, 0.2) is 0 Å². The summed E-state index contributed by atoms with van der Waals surface area (Å²) in [7, 11) is 0. The number of benzene rings is 2. The summed E-state index contributed by atoms with van der Waals surface area (Å²) in [5, 5.41) is 15.5. The van der Waals surface area contributed by atoms with E-state index in [9.17, 15) is 9.90 Å². The molecule has 2 aromatic carbocycles. The molecule has 0 aromatic heterocycles. The second kappa shape index (κ2) is 9.84. The van der Waals surface area contributed by atoms with Gasteiger partial charge < -0.3 is 15.7 Å². The molecule has 2 amide bonds. The summed E-state index contributed by atoms with van der Waals surface area (Å²) in [5.74, 6) is 0.101. The third kappa shape index (κ3) is 6.98. The minimum Gasteiger partial charge on any atom is -0.393 e. The maximum atomic E-state index is 12.0. The molecule has 0 radical (unpaired) electrons. The van der Waals surface area contributed by atoms with Crippen LogP contribution in [0, 0.1) is 6.92 Å². The van der Waals surface area contributed by atoms with Gasteiger partial charge in [0, 0.05) is 19.0 Å². The Labute approximate surface area is 150 Å². The van der Waals surface area contributed by atoms with Crippen molar-refractivity contribution >= 4 is 6.03 Å². The molecule has 0 aliphatic rings. The first-order valence-electron chi connectivity index (χ1n) is 8.85. The van der Waals surface area contributed by atoms with Crippen molar-refractivity contribution < 1.29 is 9.90 Å². The Morgan fingerprint density at radius 2 is 1.72 bits per heavy atom. The summed E-state index contributed by atoms with van der Waals surface area (Å²) < 4.78 is 0. The normalized spacial score (nSPS) is 13.1. The number of aliphatic hydroxyl groups excluding tert-OH is 1. The van der Waals surface area contributed by atoms with Crippen LogP contribution in [0.25, 0.3) is 0 Å². The fourth-order valence-corrected chi connectivity index (χ4v) is 2.83. The Morgan fingerprint density at radius 1 is 1.04 bits per heavy atom. The van der Waals surface area contributed by atoms with Gasteiger partial charge in [-0.05, 0) is 37.8 Å². The van der Waals surface area contributed by atoms with E-state index in [-0.39, 0.29) is 11.9 Å². The number of carbonyl (C=O) groups excluding carboxylic acids is 1. The van der Waals surface area contributed by atoms with Crippen molar-refractivity contribution in [3.63, 3.8) is 0 Å². The zero-order valence-electron chi connectivity index (χ0n) is 15.0. The standard InChI is InChI=1S/C21H28N2O2/c1-16-8-10-18(11-9-16)12-13-22-21(25)23-15-20(14-17(2)24)19-6-4-3-5-7-19/h3-11,17,20,24H,12-15H2,1-2H3,(H2,22,23,25). The van der Waals surface area contributed by atoms with Crippen LogP contribution in [0.1, 0.15) is 36.0 Å². The van der Waals surface area contributed by atoms with E-state index in [4.69, 9.17) is 0 Å². The van der Waals surface area contributed by atoms with Crippen LogP contribution >= 0.6 is 0 Å². The number of hydrogen-bond donors (Lipinski definition) is 3. The summed E-state index contributed by atoms with van der Waals surface area (Å²) in [6.07, 6.45) is 1.02. The number of aryl methyl sites for hydroxylation is 1. The van der Waals surface area contributed by atoms with E-state index < -0.39 is 6.10 Å². The molecule has 25 heavy (non-hydrogen) atoms. The predicted octanol–water partition coefficient (Wildman–Crippen LogP) is 3.39. The fraction of sp³-hybridized carbons (Fsp3) is 0.381. The highest BCUT2D eigenvalue weighted by molar-refractivity contribution is 5.73. The minimum atomic E-state index is -0.406. The Hall–Kier alpha value is -2.33. The molecule has 3 N–H and O–H groups in total. The number of rotatable bonds is 8. The van der Waals surface area contributed by atoms with Gasteiger partial charge in [-0.25, -0.2) is 4.79 Å². The lowest BCUT2D eigenvalue weighted by Crippen LogP contribution is -2.39. The van der Waals surface area contributed by atoms with Crippen molar-refractivity contribution in [2.24, 2.45) is 0 Å². The zero-order valence-corrected chi connectivity index (χ0v) is 15.0. The highest BCUT2D eigenvalue weighted by Gasteiger charge is 2.15. The first-order chi connectivity index (χ1) is 12.0. The van der Waals surface area contributed by atoms with Crippen molar-refractivity contribution in [3.05, 3.63) is 71.3 Å². The van der Waals surface area contributed by atoms with Crippen LogP contribution in [0.2, 0.25) is 0 Å². The van der Waals surface area contributed by atoms with E-state index in [2.05, 4.69) is 41.8 Å². The van der Waals surface area contributed by atoms with Gasteiger partial charge in [0.1, 0.15) is 0 Å². The Balaban J connectivity index is 1.77. The Morgan fingerprint density at radius 3 is 2.36 bits per heavy atom. The largest absolute Gasteiger partial charge is 0.393 e. The lowest BCUT2D eigenvalue weighted by molar-refractivity contribution is 0.173. The molecule has 0 spiro atoms. The summed E-state index contributed by atoms with van der Waals surface area (Å²) in [6, 6.07) is 18.1. The summed E-state index contributed by atoms with van der Waals surface area (Å²) in [6.45, 7) is 4.94. The van der Waals surface area contributed by atoms with E-state index >= 15 is 0 Å². The van der Waals surface area contributed by atoms with E-state index in [1.807, 2.05) is 30.3 Å². The second-order valence-corrected chi connectivity index (χ2v) is 6.56. The minimum absolute atomic E-state index is 0.101. The van der Waals surface area contributed by atoms with Crippen LogP contribution in [0.15, 0.2) is 54.6 Å². The lowest BCUT2D eigenvalue weighted by atomic mass is 9.93. The maximum Gasteiger partial charge on any atom is 0.314 e. The number of hydrogen-bond acceptors (Lipinski definition) is 2. The van der Waals surface area contributed by atoms with Gasteiger partial charge in [-0.15, -0.1) is 0 Å². The van der Waals surface area contributed by atoms with Crippen molar-refractivity contribution in [2.45, 2.75) is 38.7 Å². The quantitative estimate of drug-likeness (QED) is 0.690. The van der Waals surface area contributed by atoms with Crippen molar-refractivity contribution in [1.29, 1.82) is 0 Å². The van der Waals surface area contributed by atoms with Gasteiger partial charge in [-0.1, -0.05) is 60.2 Å². The molecule has 4 nitrogen and oxygen atoms in total. The van der Waals surface area contributed by atoms with Crippen molar-refractivity contribution in [2.75, 3.05) is 13.1 Å². The molecule has 2 atom stereocenters. The van der Waals surface area contributed by atoms with E-state index in [0.717, 1.165) is 12.0 Å². The highest BCUT2D eigenvalue weighted by atomic mass is 16.3. The Bertz CT molecular complexity index is 639. The number of amides is 2. The number of urea groups is 1. The molecule has 2 rings (SSSR count). The van der Waals surface area contributed by atoms with Gasteiger partial charge >= 0.3 is 6.03 Å². The monoisotopic (exact) mass is 340 g/mol. The molecule has 0 saturated carbocycles. The highest BCUT2D eigenvalue weighted by Crippen LogP contribution is 2.20. The summed E-state index contributed by atoms with van der Waals surface area (Å²) in [4.78, 5) is 12.0. The van der Waals surface area contributed by atoms with E-state index in [1.54, 1.807) is 6.92 Å².